The quantitative estimate of drug-likeness (QED) is 0.504. The van der Waals surface area contributed by atoms with E-state index in [0.29, 0.717) is 6.04 Å². The minimum absolute atomic E-state index is 0.507. The summed E-state index contributed by atoms with van der Waals surface area (Å²) in [6, 6.07) is 0.507. The third-order valence-corrected chi connectivity index (χ3v) is 2.83. The molecule has 3 N–H and O–H groups in total. The SMILES string of the molecule is CCCC(CC1CCOCC1)NN. The van der Waals surface area contributed by atoms with Crippen LogP contribution in [0.1, 0.15) is 39.0 Å². The Labute approximate surface area is 81.0 Å². The van der Waals surface area contributed by atoms with Crippen molar-refractivity contribution in [1.82, 2.24) is 5.43 Å². The molecule has 0 aliphatic carbocycles. The fraction of sp³-hybridized carbons (Fsp3) is 1.00. The van der Waals surface area contributed by atoms with Crippen LogP contribution in [0.25, 0.3) is 0 Å². The Kier molecular flexibility index (Phi) is 5.35. The van der Waals surface area contributed by atoms with Gasteiger partial charge in [0.2, 0.25) is 0 Å². The standard InChI is InChI=1S/C10H22N2O/c1-2-3-10(12-11)8-9-4-6-13-7-5-9/h9-10,12H,2-8,11H2,1H3. The molecule has 1 aliphatic heterocycles. The minimum Gasteiger partial charge on any atom is -0.381 e. The van der Waals surface area contributed by atoms with E-state index in [0.717, 1.165) is 19.1 Å². The summed E-state index contributed by atoms with van der Waals surface area (Å²) in [6.45, 7) is 4.08. The van der Waals surface area contributed by atoms with E-state index in [2.05, 4.69) is 12.3 Å². The van der Waals surface area contributed by atoms with Crippen LogP contribution in [0, 0.1) is 5.92 Å². The van der Waals surface area contributed by atoms with Crippen molar-refractivity contribution in [2.24, 2.45) is 11.8 Å². The van der Waals surface area contributed by atoms with E-state index in [4.69, 9.17) is 10.6 Å². The first kappa shape index (κ1) is 11.0. The topological polar surface area (TPSA) is 47.3 Å². The monoisotopic (exact) mass is 186 g/mol. The Balaban J connectivity index is 2.18. The van der Waals surface area contributed by atoms with E-state index in [1.807, 2.05) is 0 Å². The summed E-state index contributed by atoms with van der Waals surface area (Å²) in [5, 5.41) is 0. The van der Waals surface area contributed by atoms with Crippen LogP contribution in [-0.4, -0.2) is 19.3 Å². The van der Waals surface area contributed by atoms with Crippen molar-refractivity contribution >= 4 is 0 Å². The molecule has 1 aliphatic rings. The lowest BCUT2D eigenvalue weighted by atomic mass is 9.91. The molecule has 1 saturated heterocycles. The van der Waals surface area contributed by atoms with Gasteiger partial charge in [-0.1, -0.05) is 13.3 Å². The molecular weight excluding hydrogens is 164 g/mol. The molecule has 1 rings (SSSR count). The van der Waals surface area contributed by atoms with E-state index in [1.54, 1.807) is 0 Å². The molecule has 78 valence electrons. The van der Waals surface area contributed by atoms with E-state index < -0.39 is 0 Å². The molecule has 0 spiro atoms. The summed E-state index contributed by atoms with van der Waals surface area (Å²) < 4.78 is 5.32. The molecule has 0 radical (unpaired) electrons. The van der Waals surface area contributed by atoms with Gasteiger partial charge in [-0.2, -0.15) is 0 Å². The van der Waals surface area contributed by atoms with Crippen LogP contribution in [0.5, 0.6) is 0 Å². The maximum Gasteiger partial charge on any atom is 0.0468 e. The van der Waals surface area contributed by atoms with Crippen molar-refractivity contribution in [3.05, 3.63) is 0 Å². The van der Waals surface area contributed by atoms with Crippen molar-refractivity contribution in [1.29, 1.82) is 0 Å². The van der Waals surface area contributed by atoms with Gasteiger partial charge in [-0.05, 0) is 31.6 Å². The molecule has 0 aromatic carbocycles. The second-order valence-corrected chi connectivity index (χ2v) is 3.94. The summed E-state index contributed by atoms with van der Waals surface area (Å²) >= 11 is 0. The smallest absolute Gasteiger partial charge is 0.0468 e. The number of hydrogen-bond donors (Lipinski definition) is 2. The van der Waals surface area contributed by atoms with Gasteiger partial charge >= 0.3 is 0 Å². The zero-order valence-electron chi connectivity index (χ0n) is 8.59. The van der Waals surface area contributed by atoms with Gasteiger partial charge in [-0.15, -0.1) is 0 Å². The lowest BCUT2D eigenvalue weighted by molar-refractivity contribution is 0.0602. The highest BCUT2D eigenvalue weighted by Gasteiger charge is 2.17. The predicted octanol–water partition coefficient (Wildman–Crippen LogP) is 1.44. The molecule has 0 amide bonds. The first-order chi connectivity index (χ1) is 6.36. The van der Waals surface area contributed by atoms with Crippen LogP contribution in [-0.2, 0) is 4.74 Å². The van der Waals surface area contributed by atoms with E-state index in [9.17, 15) is 0 Å². The molecule has 0 aromatic heterocycles. The predicted molar refractivity (Wildman–Crippen MR) is 54.2 cm³/mol. The lowest BCUT2D eigenvalue weighted by Crippen LogP contribution is -2.37. The Hall–Kier alpha value is -0.120. The highest BCUT2D eigenvalue weighted by molar-refractivity contribution is 4.71. The average Bonchev–Trinajstić information content (AvgIpc) is 2.19. The second-order valence-electron chi connectivity index (χ2n) is 3.94. The molecule has 3 heteroatoms. The lowest BCUT2D eigenvalue weighted by Gasteiger charge is -2.26. The van der Waals surface area contributed by atoms with E-state index in [1.165, 1.54) is 32.1 Å². The first-order valence-electron chi connectivity index (χ1n) is 5.40. The summed E-state index contributed by atoms with van der Waals surface area (Å²) in [4.78, 5) is 0. The number of rotatable bonds is 5. The molecule has 1 unspecified atom stereocenters. The summed E-state index contributed by atoms with van der Waals surface area (Å²) in [6.07, 6.45) is 6.03. The fourth-order valence-electron chi connectivity index (χ4n) is 2.00. The summed E-state index contributed by atoms with van der Waals surface area (Å²) in [5.74, 6) is 6.32. The Bertz CT molecular complexity index is 121. The van der Waals surface area contributed by atoms with Crippen LogP contribution in [0.2, 0.25) is 0 Å². The van der Waals surface area contributed by atoms with Crippen LogP contribution in [0.3, 0.4) is 0 Å². The van der Waals surface area contributed by atoms with Crippen LogP contribution < -0.4 is 11.3 Å². The van der Waals surface area contributed by atoms with Gasteiger partial charge in [0, 0.05) is 19.3 Å². The Morgan fingerprint density at radius 3 is 2.69 bits per heavy atom. The van der Waals surface area contributed by atoms with Gasteiger partial charge in [0.05, 0.1) is 0 Å². The maximum absolute atomic E-state index is 5.49. The molecule has 13 heavy (non-hydrogen) atoms. The van der Waals surface area contributed by atoms with Crippen LogP contribution >= 0.6 is 0 Å². The van der Waals surface area contributed by atoms with Crippen molar-refractivity contribution < 1.29 is 4.74 Å². The highest BCUT2D eigenvalue weighted by atomic mass is 16.5. The van der Waals surface area contributed by atoms with E-state index in [-0.39, 0.29) is 0 Å². The summed E-state index contributed by atoms with van der Waals surface area (Å²) in [7, 11) is 0. The molecule has 1 heterocycles. The molecule has 1 fully saturated rings. The molecule has 0 saturated carbocycles. The van der Waals surface area contributed by atoms with Gasteiger partial charge < -0.3 is 4.74 Å². The molecule has 0 bridgehead atoms. The van der Waals surface area contributed by atoms with E-state index >= 15 is 0 Å². The van der Waals surface area contributed by atoms with Crippen molar-refractivity contribution in [3.8, 4) is 0 Å². The molecule has 3 nitrogen and oxygen atoms in total. The third-order valence-electron chi connectivity index (χ3n) is 2.83. The fourth-order valence-corrected chi connectivity index (χ4v) is 2.00. The molecule has 0 aromatic rings. The van der Waals surface area contributed by atoms with Crippen molar-refractivity contribution in [2.75, 3.05) is 13.2 Å². The number of ether oxygens (including phenoxy) is 1. The Morgan fingerprint density at radius 2 is 2.15 bits per heavy atom. The largest absolute Gasteiger partial charge is 0.381 e. The number of hydrazine groups is 1. The summed E-state index contributed by atoms with van der Waals surface area (Å²) in [5.41, 5.74) is 2.91. The van der Waals surface area contributed by atoms with Gasteiger partial charge in [0.15, 0.2) is 0 Å². The van der Waals surface area contributed by atoms with Crippen LogP contribution in [0.15, 0.2) is 0 Å². The van der Waals surface area contributed by atoms with Crippen molar-refractivity contribution in [2.45, 2.75) is 45.1 Å². The van der Waals surface area contributed by atoms with Crippen LogP contribution in [0.4, 0.5) is 0 Å². The maximum atomic E-state index is 5.49. The zero-order valence-corrected chi connectivity index (χ0v) is 8.59. The number of nitrogens with one attached hydrogen (secondary N) is 1. The molecular formula is C10H22N2O. The van der Waals surface area contributed by atoms with Gasteiger partial charge in [0.1, 0.15) is 0 Å². The molecule has 1 atom stereocenters. The normalized spacial score (nSPS) is 21.7. The Morgan fingerprint density at radius 1 is 1.46 bits per heavy atom. The second kappa shape index (κ2) is 6.35. The van der Waals surface area contributed by atoms with Gasteiger partial charge in [-0.25, -0.2) is 0 Å². The minimum atomic E-state index is 0.507. The average molecular weight is 186 g/mol. The number of hydrogen-bond acceptors (Lipinski definition) is 3. The van der Waals surface area contributed by atoms with Gasteiger partial charge in [0.25, 0.3) is 0 Å². The van der Waals surface area contributed by atoms with Crippen molar-refractivity contribution in [3.63, 3.8) is 0 Å². The zero-order chi connectivity index (χ0) is 9.52. The first-order valence-corrected chi connectivity index (χ1v) is 5.40. The highest BCUT2D eigenvalue weighted by Crippen LogP contribution is 2.21. The number of nitrogens with two attached hydrogens (primary N) is 1. The third kappa shape index (κ3) is 4.07. The van der Waals surface area contributed by atoms with Gasteiger partial charge in [-0.3, -0.25) is 11.3 Å².